The van der Waals surface area contributed by atoms with E-state index < -0.39 is 6.03 Å². The number of benzene rings is 2. The van der Waals surface area contributed by atoms with Crippen LogP contribution in [-0.4, -0.2) is 43.0 Å². The first-order chi connectivity index (χ1) is 13.4. The van der Waals surface area contributed by atoms with Gasteiger partial charge in [-0.3, -0.25) is 14.5 Å². The largest absolute Gasteiger partial charge is 0.385 e. The minimum atomic E-state index is -0.414. The zero-order valence-corrected chi connectivity index (χ0v) is 16.2. The Hall–Kier alpha value is -3.19. The van der Waals surface area contributed by atoms with Crippen LogP contribution in [0.5, 0.6) is 0 Å². The second-order valence-electron chi connectivity index (χ2n) is 6.77. The molecule has 28 heavy (non-hydrogen) atoms. The predicted molar refractivity (Wildman–Crippen MR) is 107 cm³/mol. The van der Waals surface area contributed by atoms with Crippen LogP contribution < -0.4 is 10.6 Å². The number of nitrogens with one attached hydrogen (secondary N) is 2. The summed E-state index contributed by atoms with van der Waals surface area (Å²) in [5.41, 5.74) is 3.80. The molecular weight excluding hydrogens is 358 g/mol. The normalized spacial score (nSPS) is 12.9. The number of hydrogen-bond acceptors (Lipinski definition) is 4. The van der Waals surface area contributed by atoms with Gasteiger partial charge in [-0.25, -0.2) is 4.79 Å². The lowest BCUT2D eigenvalue weighted by atomic mass is 10.1. The molecule has 7 heteroatoms. The number of rotatable bonds is 6. The summed E-state index contributed by atoms with van der Waals surface area (Å²) in [5.74, 6) is -0.669. The number of imide groups is 1. The highest BCUT2D eigenvalue weighted by Gasteiger charge is 2.35. The lowest BCUT2D eigenvalue weighted by Gasteiger charge is -2.12. The fourth-order valence-corrected chi connectivity index (χ4v) is 3.09. The van der Waals surface area contributed by atoms with E-state index in [0.29, 0.717) is 42.1 Å². The maximum Gasteiger partial charge on any atom is 0.323 e. The molecule has 0 radical (unpaired) electrons. The molecule has 0 atom stereocenters. The van der Waals surface area contributed by atoms with Crippen LogP contribution in [0.2, 0.25) is 0 Å². The molecule has 0 bridgehead atoms. The van der Waals surface area contributed by atoms with Crippen molar-refractivity contribution in [2.45, 2.75) is 20.3 Å². The molecule has 2 aromatic carbocycles. The van der Waals surface area contributed by atoms with Crippen LogP contribution in [0.25, 0.3) is 0 Å². The molecular formula is C21H23N3O4. The van der Waals surface area contributed by atoms with Gasteiger partial charge in [-0.15, -0.1) is 0 Å². The highest BCUT2D eigenvalue weighted by molar-refractivity contribution is 6.22. The van der Waals surface area contributed by atoms with Gasteiger partial charge in [-0.1, -0.05) is 12.1 Å². The van der Waals surface area contributed by atoms with E-state index in [1.165, 1.54) is 11.0 Å². The van der Waals surface area contributed by atoms with Gasteiger partial charge >= 0.3 is 6.03 Å². The smallest absolute Gasteiger partial charge is 0.323 e. The molecule has 0 aliphatic carbocycles. The molecule has 4 amide bonds. The first-order valence-corrected chi connectivity index (χ1v) is 9.05. The zero-order chi connectivity index (χ0) is 20.3. The van der Waals surface area contributed by atoms with Crippen LogP contribution in [0.4, 0.5) is 16.2 Å². The fraction of sp³-hybridized carbons (Fsp3) is 0.286. The summed E-state index contributed by atoms with van der Waals surface area (Å²) in [4.78, 5) is 38.5. The van der Waals surface area contributed by atoms with Crippen molar-refractivity contribution in [2.24, 2.45) is 0 Å². The van der Waals surface area contributed by atoms with Crippen LogP contribution in [0, 0.1) is 13.8 Å². The third kappa shape index (κ3) is 4.04. The molecule has 0 unspecified atom stereocenters. The number of nitrogens with zero attached hydrogens (tertiary/aromatic N) is 1. The Morgan fingerprint density at radius 2 is 1.75 bits per heavy atom. The lowest BCUT2D eigenvalue weighted by molar-refractivity contribution is 0.0638. The van der Waals surface area contributed by atoms with E-state index >= 15 is 0 Å². The number of amides is 4. The van der Waals surface area contributed by atoms with Crippen LogP contribution in [0.15, 0.2) is 36.4 Å². The third-order valence-electron chi connectivity index (χ3n) is 4.60. The Bertz CT molecular complexity index is 939. The van der Waals surface area contributed by atoms with E-state index in [4.69, 9.17) is 4.74 Å². The van der Waals surface area contributed by atoms with Gasteiger partial charge in [0.1, 0.15) is 0 Å². The number of anilines is 2. The fourth-order valence-electron chi connectivity index (χ4n) is 3.09. The SMILES string of the molecule is COCCCN1C(=O)c2ccc(NC(=O)Nc3cc(C)ccc3C)cc2C1=O. The van der Waals surface area contributed by atoms with Crippen molar-refractivity contribution in [3.63, 3.8) is 0 Å². The van der Waals surface area contributed by atoms with Crippen molar-refractivity contribution < 1.29 is 19.1 Å². The summed E-state index contributed by atoms with van der Waals surface area (Å²) in [6, 6.07) is 10.1. The first kappa shape index (κ1) is 19.6. The number of hydrogen-bond donors (Lipinski definition) is 2. The molecule has 2 N–H and O–H groups in total. The van der Waals surface area contributed by atoms with Gasteiger partial charge < -0.3 is 15.4 Å². The summed E-state index contributed by atoms with van der Waals surface area (Å²) in [6.45, 7) is 4.63. The summed E-state index contributed by atoms with van der Waals surface area (Å²) < 4.78 is 4.97. The highest BCUT2D eigenvalue weighted by atomic mass is 16.5. The molecule has 3 rings (SSSR count). The van der Waals surface area contributed by atoms with Crippen LogP contribution in [-0.2, 0) is 4.74 Å². The number of aryl methyl sites for hydroxylation is 2. The average molecular weight is 381 g/mol. The van der Waals surface area contributed by atoms with E-state index in [2.05, 4.69) is 10.6 Å². The molecule has 1 heterocycles. The van der Waals surface area contributed by atoms with E-state index in [-0.39, 0.29) is 11.8 Å². The molecule has 0 spiro atoms. The van der Waals surface area contributed by atoms with Gasteiger partial charge in [-0.05, 0) is 55.7 Å². The van der Waals surface area contributed by atoms with Crippen molar-refractivity contribution in [3.05, 3.63) is 58.7 Å². The maximum atomic E-state index is 12.5. The first-order valence-electron chi connectivity index (χ1n) is 9.05. The third-order valence-corrected chi connectivity index (χ3v) is 4.60. The monoisotopic (exact) mass is 381 g/mol. The van der Waals surface area contributed by atoms with Crippen LogP contribution in [0.3, 0.4) is 0 Å². The number of carbonyl (C=O) groups is 3. The van der Waals surface area contributed by atoms with Gasteiger partial charge in [0.05, 0.1) is 11.1 Å². The van der Waals surface area contributed by atoms with Crippen molar-refractivity contribution >= 4 is 29.2 Å². The predicted octanol–water partition coefficient (Wildman–Crippen LogP) is 3.58. The Morgan fingerprint density at radius 3 is 2.50 bits per heavy atom. The topological polar surface area (TPSA) is 87.7 Å². The Labute approximate surface area is 163 Å². The van der Waals surface area contributed by atoms with E-state index in [9.17, 15) is 14.4 Å². The summed E-state index contributed by atoms with van der Waals surface area (Å²) in [5, 5.41) is 5.52. The molecule has 0 saturated carbocycles. The molecule has 7 nitrogen and oxygen atoms in total. The quantitative estimate of drug-likeness (QED) is 0.591. The zero-order valence-electron chi connectivity index (χ0n) is 16.2. The van der Waals surface area contributed by atoms with E-state index in [0.717, 1.165) is 11.1 Å². The summed E-state index contributed by atoms with van der Waals surface area (Å²) in [6.07, 6.45) is 0.575. The number of carbonyl (C=O) groups excluding carboxylic acids is 3. The summed E-state index contributed by atoms with van der Waals surface area (Å²) >= 11 is 0. The van der Waals surface area contributed by atoms with Gasteiger partial charge in [-0.2, -0.15) is 0 Å². The second kappa shape index (κ2) is 8.22. The van der Waals surface area contributed by atoms with Crippen LogP contribution >= 0.6 is 0 Å². The number of ether oxygens (including phenoxy) is 1. The lowest BCUT2D eigenvalue weighted by Crippen LogP contribution is -2.31. The molecule has 146 valence electrons. The van der Waals surface area contributed by atoms with Gasteiger partial charge in [0.2, 0.25) is 0 Å². The number of fused-ring (bicyclic) bond motifs is 1. The standard InChI is InChI=1S/C21H23N3O4/c1-13-5-6-14(2)18(11-13)23-21(27)22-15-7-8-16-17(12-15)20(26)24(19(16)25)9-4-10-28-3/h5-8,11-12H,4,9-10H2,1-3H3,(H2,22,23,27). The number of methoxy groups -OCH3 is 1. The van der Waals surface area contributed by atoms with Crippen molar-refractivity contribution in [1.29, 1.82) is 0 Å². The Balaban J connectivity index is 1.71. The average Bonchev–Trinajstić information content (AvgIpc) is 2.89. The van der Waals surface area contributed by atoms with Gasteiger partial charge in [0.15, 0.2) is 0 Å². The Morgan fingerprint density at radius 1 is 1.00 bits per heavy atom. The minimum absolute atomic E-state index is 0.298. The van der Waals surface area contributed by atoms with Crippen LogP contribution in [0.1, 0.15) is 38.3 Å². The molecule has 0 aromatic heterocycles. The van der Waals surface area contributed by atoms with E-state index in [1.807, 2.05) is 32.0 Å². The maximum absolute atomic E-state index is 12.5. The highest BCUT2D eigenvalue weighted by Crippen LogP contribution is 2.26. The summed E-state index contributed by atoms with van der Waals surface area (Å²) in [7, 11) is 1.57. The molecule has 1 aliphatic rings. The van der Waals surface area contributed by atoms with Gasteiger partial charge in [0, 0.05) is 31.6 Å². The van der Waals surface area contributed by atoms with Crippen molar-refractivity contribution in [1.82, 2.24) is 4.90 Å². The molecule has 1 aliphatic heterocycles. The Kier molecular flexibility index (Phi) is 5.75. The molecule has 2 aromatic rings. The molecule has 0 saturated heterocycles. The van der Waals surface area contributed by atoms with Crippen molar-refractivity contribution in [3.8, 4) is 0 Å². The molecule has 0 fully saturated rings. The van der Waals surface area contributed by atoms with E-state index in [1.54, 1.807) is 19.2 Å². The van der Waals surface area contributed by atoms with Gasteiger partial charge in [0.25, 0.3) is 11.8 Å². The number of urea groups is 1. The van der Waals surface area contributed by atoms with Crippen molar-refractivity contribution in [2.75, 3.05) is 30.9 Å². The minimum Gasteiger partial charge on any atom is -0.385 e. The second-order valence-corrected chi connectivity index (χ2v) is 6.77.